The molecule has 116 valence electrons. The summed E-state index contributed by atoms with van der Waals surface area (Å²) >= 11 is 2.05. The fourth-order valence-electron chi connectivity index (χ4n) is 3.74. The Balaban J connectivity index is 2.00. The minimum absolute atomic E-state index is 0.0518. The molecule has 1 aromatic rings. The van der Waals surface area contributed by atoms with Crippen LogP contribution in [-0.2, 0) is 0 Å². The number of hydrogen-bond donors (Lipinski definition) is 1. The summed E-state index contributed by atoms with van der Waals surface area (Å²) in [6, 6.07) is 8.42. The van der Waals surface area contributed by atoms with E-state index in [9.17, 15) is 0 Å². The van der Waals surface area contributed by atoms with Crippen LogP contribution in [0.15, 0.2) is 24.3 Å². The fourth-order valence-corrected chi connectivity index (χ4v) is 5.26. The Morgan fingerprint density at radius 1 is 1.29 bits per heavy atom. The molecule has 1 aromatic carbocycles. The van der Waals surface area contributed by atoms with E-state index in [-0.39, 0.29) is 5.54 Å². The molecule has 0 aromatic heterocycles. The first-order valence-corrected chi connectivity index (χ1v) is 8.99. The summed E-state index contributed by atoms with van der Waals surface area (Å²) in [4.78, 5) is 2.54. The molecule has 2 aliphatic rings. The summed E-state index contributed by atoms with van der Waals surface area (Å²) in [5.41, 5.74) is 7.91. The predicted octanol–water partition coefficient (Wildman–Crippen LogP) is 3.14. The van der Waals surface area contributed by atoms with Crippen molar-refractivity contribution in [3.05, 3.63) is 24.3 Å². The molecular formula is C17H26N2OS. The van der Waals surface area contributed by atoms with Gasteiger partial charge in [-0.3, -0.25) is 0 Å². The molecule has 2 N–H and O–H groups in total. The summed E-state index contributed by atoms with van der Waals surface area (Å²) in [5, 5.41) is 0. The molecule has 0 amide bonds. The third kappa shape index (κ3) is 2.88. The predicted molar refractivity (Wildman–Crippen MR) is 91.4 cm³/mol. The second-order valence-corrected chi connectivity index (χ2v) is 8.07. The summed E-state index contributed by atoms with van der Waals surface area (Å²) in [6.07, 6.45) is 2.21. The zero-order valence-corrected chi connectivity index (χ0v) is 13.9. The van der Waals surface area contributed by atoms with Crippen molar-refractivity contribution in [2.75, 3.05) is 36.1 Å². The highest BCUT2D eigenvalue weighted by molar-refractivity contribution is 7.99. The van der Waals surface area contributed by atoms with Crippen molar-refractivity contribution in [3.8, 4) is 5.75 Å². The fraction of sp³-hybridized carbons (Fsp3) is 0.647. The highest BCUT2D eigenvalue weighted by Gasteiger charge is 2.44. The Morgan fingerprint density at radius 3 is 2.86 bits per heavy atom. The van der Waals surface area contributed by atoms with Gasteiger partial charge in [0.05, 0.1) is 17.8 Å². The van der Waals surface area contributed by atoms with E-state index >= 15 is 0 Å². The molecule has 0 spiro atoms. The number of ether oxygens (including phenoxy) is 1. The highest BCUT2D eigenvalue weighted by atomic mass is 32.2. The molecule has 21 heavy (non-hydrogen) atoms. The Morgan fingerprint density at radius 2 is 2.10 bits per heavy atom. The van der Waals surface area contributed by atoms with Gasteiger partial charge < -0.3 is 15.4 Å². The van der Waals surface area contributed by atoms with Gasteiger partial charge in [-0.25, -0.2) is 0 Å². The van der Waals surface area contributed by atoms with Crippen molar-refractivity contribution >= 4 is 17.4 Å². The van der Waals surface area contributed by atoms with Gasteiger partial charge in [0.1, 0.15) is 5.75 Å². The maximum atomic E-state index is 6.30. The van der Waals surface area contributed by atoms with E-state index in [1.54, 1.807) is 0 Å². The lowest BCUT2D eigenvalue weighted by Gasteiger charge is -2.51. The van der Waals surface area contributed by atoms with Gasteiger partial charge in [-0.05, 0) is 36.1 Å². The van der Waals surface area contributed by atoms with Crippen LogP contribution in [0.4, 0.5) is 5.69 Å². The lowest BCUT2D eigenvalue weighted by molar-refractivity contribution is 0.258. The van der Waals surface area contributed by atoms with Crippen LogP contribution in [0.3, 0.4) is 0 Å². The number of hydrogen-bond acceptors (Lipinski definition) is 4. The molecule has 1 saturated heterocycles. The minimum Gasteiger partial charge on any atom is -0.491 e. The van der Waals surface area contributed by atoms with Crippen LogP contribution in [0.1, 0.15) is 26.7 Å². The van der Waals surface area contributed by atoms with Gasteiger partial charge in [-0.1, -0.05) is 26.0 Å². The van der Waals surface area contributed by atoms with E-state index in [1.165, 1.54) is 11.4 Å². The first kappa shape index (κ1) is 15.0. The maximum Gasteiger partial charge on any atom is 0.142 e. The van der Waals surface area contributed by atoms with Gasteiger partial charge in [0.25, 0.3) is 0 Å². The molecule has 1 unspecified atom stereocenters. The molecule has 4 heteroatoms. The molecule has 2 aliphatic heterocycles. The van der Waals surface area contributed by atoms with Crippen molar-refractivity contribution in [1.29, 1.82) is 0 Å². The number of nitrogens with two attached hydrogens (primary N) is 1. The molecule has 3 nitrogen and oxygen atoms in total. The van der Waals surface area contributed by atoms with E-state index in [4.69, 9.17) is 10.5 Å². The lowest BCUT2D eigenvalue weighted by atomic mass is 9.78. The number of fused-ring (bicyclic) bond motifs is 1. The maximum absolute atomic E-state index is 6.30. The Kier molecular flexibility index (Phi) is 4.10. The smallest absolute Gasteiger partial charge is 0.142 e. The van der Waals surface area contributed by atoms with Gasteiger partial charge in [0.2, 0.25) is 0 Å². The highest BCUT2D eigenvalue weighted by Crippen LogP contribution is 2.45. The van der Waals surface area contributed by atoms with Crippen molar-refractivity contribution in [3.63, 3.8) is 0 Å². The molecule has 0 aliphatic carbocycles. The van der Waals surface area contributed by atoms with Crippen molar-refractivity contribution in [1.82, 2.24) is 0 Å². The summed E-state index contributed by atoms with van der Waals surface area (Å²) in [5.74, 6) is 3.35. The van der Waals surface area contributed by atoms with Crippen molar-refractivity contribution < 1.29 is 4.74 Å². The number of thioether (sulfide) groups is 1. The number of anilines is 1. The Labute approximate surface area is 132 Å². The number of benzene rings is 1. The SMILES string of the molecule is CC1(C)CSCC(CN)(N2CCCOc3ccccc32)C1. The van der Waals surface area contributed by atoms with Gasteiger partial charge in [0.15, 0.2) is 0 Å². The molecule has 3 rings (SSSR count). The van der Waals surface area contributed by atoms with Gasteiger partial charge in [-0.15, -0.1) is 0 Å². The Bertz CT molecular complexity index is 505. The molecule has 1 fully saturated rings. The number of para-hydroxylation sites is 2. The monoisotopic (exact) mass is 306 g/mol. The van der Waals surface area contributed by atoms with Crippen LogP contribution in [0.25, 0.3) is 0 Å². The molecule has 0 saturated carbocycles. The summed E-state index contributed by atoms with van der Waals surface area (Å²) in [6.45, 7) is 7.26. The average Bonchev–Trinajstić information content (AvgIpc) is 2.68. The van der Waals surface area contributed by atoms with E-state index in [2.05, 4.69) is 43.0 Å². The van der Waals surface area contributed by atoms with E-state index in [1.807, 2.05) is 11.8 Å². The van der Waals surface area contributed by atoms with Crippen LogP contribution in [-0.4, -0.2) is 36.7 Å². The van der Waals surface area contributed by atoms with Crippen LogP contribution < -0.4 is 15.4 Å². The number of nitrogens with zero attached hydrogens (tertiary/aromatic N) is 1. The number of rotatable bonds is 2. The van der Waals surface area contributed by atoms with Crippen molar-refractivity contribution in [2.24, 2.45) is 11.1 Å². The van der Waals surface area contributed by atoms with Gasteiger partial charge in [0, 0.05) is 18.8 Å². The quantitative estimate of drug-likeness (QED) is 0.911. The molecule has 0 bridgehead atoms. The Hall–Kier alpha value is -0.870. The van der Waals surface area contributed by atoms with Crippen LogP contribution in [0, 0.1) is 5.41 Å². The zero-order chi connectivity index (χ0) is 14.9. The standard InChI is InChI=1S/C17H26N2OS/c1-16(2)10-17(11-18,13-21-12-16)19-8-5-9-20-15-7-4-3-6-14(15)19/h3-4,6-7H,5,8-13,18H2,1-2H3. The van der Waals surface area contributed by atoms with Gasteiger partial charge in [-0.2, -0.15) is 11.8 Å². The van der Waals surface area contributed by atoms with E-state index in [0.717, 1.165) is 37.5 Å². The zero-order valence-electron chi connectivity index (χ0n) is 13.1. The second-order valence-electron chi connectivity index (χ2n) is 7.08. The van der Waals surface area contributed by atoms with Crippen LogP contribution >= 0.6 is 11.8 Å². The largest absolute Gasteiger partial charge is 0.491 e. The third-order valence-corrected chi connectivity index (χ3v) is 6.29. The van der Waals surface area contributed by atoms with Crippen molar-refractivity contribution in [2.45, 2.75) is 32.2 Å². The lowest BCUT2D eigenvalue weighted by Crippen LogP contribution is -2.60. The first-order chi connectivity index (χ1) is 10.1. The normalized spacial score (nSPS) is 28.4. The first-order valence-electron chi connectivity index (χ1n) is 7.84. The summed E-state index contributed by atoms with van der Waals surface area (Å²) < 4.78 is 5.92. The molecule has 1 atom stereocenters. The topological polar surface area (TPSA) is 38.5 Å². The van der Waals surface area contributed by atoms with E-state index in [0.29, 0.717) is 12.0 Å². The molecule has 2 heterocycles. The molecular weight excluding hydrogens is 280 g/mol. The third-order valence-electron chi connectivity index (χ3n) is 4.56. The van der Waals surface area contributed by atoms with Crippen LogP contribution in [0.2, 0.25) is 0 Å². The van der Waals surface area contributed by atoms with E-state index < -0.39 is 0 Å². The summed E-state index contributed by atoms with van der Waals surface area (Å²) in [7, 11) is 0. The molecule has 0 radical (unpaired) electrons. The minimum atomic E-state index is 0.0518. The average molecular weight is 306 g/mol. The van der Waals surface area contributed by atoms with Crippen LogP contribution in [0.5, 0.6) is 5.75 Å². The van der Waals surface area contributed by atoms with Gasteiger partial charge >= 0.3 is 0 Å². The second kappa shape index (κ2) is 5.73.